The molecule has 1 aliphatic carbocycles. The largest absolute Gasteiger partial charge is 0.459 e. The summed E-state index contributed by atoms with van der Waals surface area (Å²) in [5.74, 6) is 0.755. The van der Waals surface area contributed by atoms with Gasteiger partial charge in [0.1, 0.15) is 0 Å². The maximum atomic E-state index is 13.3. The first-order valence-electron chi connectivity index (χ1n) is 10.1. The predicted octanol–water partition coefficient (Wildman–Crippen LogP) is 2.32. The maximum Gasteiger partial charge on any atom is 0.292 e. The average molecular weight is 383 g/mol. The molecule has 0 aromatic carbocycles. The molecule has 2 amide bonds. The molecule has 2 fully saturated rings. The fraction of sp³-hybridized carbons (Fsp3) is 0.550. The minimum Gasteiger partial charge on any atom is -0.459 e. The molecule has 2 N–H and O–H groups in total. The third-order valence-corrected chi connectivity index (χ3v) is 6.52. The van der Waals surface area contributed by atoms with Crippen LogP contribution in [0.2, 0.25) is 0 Å². The summed E-state index contributed by atoms with van der Waals surface area (Å²) in [7, 11) is 0. The average Bonchev–Trinajstić information content (AvgIpc) is 3.07. The molecule has 0 radical (unpaired) electrons. The van der Waals surface area contributed by atoms with Crippen molar-refractivity contribution in [3.8, 4) is 0 Å². The SMILES string of the molecule is CCN1CCC(C(=O)N2Cc3c(NC(=O)c4ccco4)n[nH]c3C23CC3)CC1. The topological polar surface area (TPSA) is 94.5 Å². The van der Waals surface area contributed by atoms with Gasteiger partial charge in [0.25, 0.3) is 5.91 Å². The molecule has 1 saturated carbocycles. The van der Waals surface area contributed by atoms with E-state index in [0.29, 0.717) is 12.4 Å². The number of carbonyl (C=O) groups excluding carboxylic acids is 2. The molecule has 1 saturated heterocycles. The highest BCUT2D eigenvalue weighted by Gasteiger charge is 2.59. The molecule has 5 rings (SSSR count). The molecular weight excluding hydrogens is 358 g/mol. The molecule has 4 heterocycles. The number of piperidine rings is 1. The van der Waals surface area contributed by atoms with E-state index in [4.69, 9.17) is 4.42 Å². The first-order valence-corrected chi connectivity index (χ1v) is 10.1. The van der Waals surface area contributed by atoms with Gasteiger partial charge in [0, 0.05) is 11.5 Å². The summed E-state index contributed by atoms with van der Waals surface area (Å²) >= 11 is 0. The van der Waals surface area contributed by atoms with E-state index in [2.05, 4.69) is 27.3 Å². The number of aromatic nitrogens is 2. The van der Waals surface area contributed by atoms with Gasteiger partial charge >= 0.3 is 0 Å². The Kier molecular flexibility index (Phi) is 4.04. The Labute approximate surface area is 163 Å². The highest BCUT2D eigenvalue weighted by molar-refractivity contribution is 6.02. The van der Waals surface area contributed by atoms with Gasteiger partial charge in [-0.3, -0.25) is 14.7 Å². The number of anilines is 1. The molecule has 0 unspecified atom stereocenters. The van der Waals surface area contributed by atoms with Gasteiger partial charge in [-0.05, 0) is 57.5 Å². The van der Waals surface area contributed by atoms with Crippen molar-refractivity contribution in [2.24, 2.45) is 5.92 Å². The van der Waals surface area contributed by atoms with Gasteiger partial charge in [0.05, 0.1) is 24.0 Å². The summed E-state index contributed by atoms with van der Waals surface area (Å²) in [4.78, 5) is 30.1. The summed E-state index contributed by atoms with van der Waals surface area (Å²) in [6, 6.07) is 3.29. The minimum absolute atomic E-state index is 0.0957. The van der Waals surface area contributed by atoms with Crippen molar-refractivity contribution >= 4 is 17.6 Å². The molecule has 2 aromatic heterocycles. The van der Waals surface area contributed by atoms with E-state index in [1.165, 1.54) is 6.26 Å². The first-order chi connectivity index (χ1) is 13.6. The van der Waals surface area contributed by atoms with Crippen molar-refractivity contribution in [1.29, 1.82) is 0 Å². The standard InChI is InChI=1S/C20H25N5O3/c1-2-24-9-5-13(6-10-24)19(27)25-12-14-16(20(25)7-8-20)22-23-17(14)21-18(26)15-4-3-11-28-15/h3-4,11,13H,2,5-10,12H2,1H3,(H2,21,22,23,26). The second kappa shape index (κ2) is 6.48. The zero-order chi connectivity index (χ0) is 19.3. The van der Waals surface area contributed by atoms with Crippen LogP contribution in [-0.4, -0.2) is 51.4 Å². The van der Waals surface area contributed by atoms with Crippen molar-refractivity contribution in [1.82, 2.24) is 20.0 Å². The number of carbonyl (C=O) groups is 2. The number of nitrogens with zero attached hydrogens (tertiary/aromatic N) is 3. The van der Waals surface area contributed by atoms with Crippen LogP contribution in [0.4, 0.5) is 5.82 Å². The van der Waals surface area contributed by atoms with Crippen molar-refractivity contribution in [3.63, 3.8) is 0 Å². The lowest BCUT2D eigenvalue weighted by Crippen LogP contribution is -2.44. The fourth-order valence-electron chi connectivity index (χ4n) is 4.67. The maximum absolute atomic E-state index is 13.3. The number of aromatic amines is 1. The lowest BCUT2D eigenvalue weighted by atomic mass is 9.94. The molecule has 8 heteroatoms. The van der Waals surface area contributed by atoms with E-state index >= 15 is 0 Å². The van der Waals surface area contributed by atoms with E-state index in [1.807, 2.05) is 4.90 Å². The summed E-state index contributed by atoms with van der Waals surface area (Å²) in [5, 5.41) is 10.2. The van der Waals surface area contributed by atoms with Gasteiger partial charge < -0.3 is 19.5 Å². The van der Waals surface area contributed by atoms with Crippen LogP contribution < -0.4 is 5.32 Å². The van der Waals surface area contributed by atoms with Crippen LogP contribution in [-0.2, 0) is 16.9 Å². The van der Waals surface area contributed by atoms with Crippen molar-refractivity contribution < 1.29 is 14.0 Å². The molecule has 2 aromatic rings. The Balaban J connectivity index is 1.33. The van der Waals surface area contributed by atoms with Gasteiger partial charge in [-0.25, -0.2) is 0 Å². The van der Waals surface area contributed by atoms with Crippen LogP contribution in [0.1, 0.15) is 54.4 Å². The minimum atomic E-state index is -0.333. The van der Waals surface area contributed by atoms with Crippen molar-refractivity contribution in [3.05, 3.63) is 35.4 Å². The number of hydrogen-bond donors (Lipinski definition) is 2. The molecule has 148 valence electrons. The van der Waals surface area contributed by atoms with Gasteiger partial charge in [-0.15, -0.1) is 0 Å². The molecule has 2 aliphatic heterocycles. The zero-order valence-corrected chi connectivity index (χ0v) is 16.0. The van der Waals surface area contributed by atoms with Gasteiger partial charge in [-0.1, -0.05) is 6.92 Å². The van der Waals surface area contributed by atoms with Crippen LogP contribution in [0.25, 0.3) is 0 Å². The molecule has 28 heavy (non-hydrogen) atoms. The van der Waals surface area contributed by atoms with Crippen molar-refractivity contribution in [2.75, 3.05) is 25.0 Å². The fourth-order valence-corrected chi connectivity index (χ4v) is 4.67. The monoisotopic (exact) mass is 383 g/mol. The third kappa shape index (κ3) is 2.66. The first kappa shape index (κ1) is 17.5. The highest BCUT2D eigenvalue weighted by Crippen LogP contribution is 2.57. The van der Waals surface area contributed by atoms with Crippen LogP contribution >= 0.6 is 0 Å². The molecule has 0 bridgehead atoms. The number of likely N-dealkylation sites (tertiary alicyclic amines) is 1. The van der Waals surface area contributed by atoms with Gasteiger partial charge in [0.15, 0.2) is 11.6 Å². The Hall–Kier alpha value is -2.61. The molecule has 3 aliphatic rings. The molecule has 0 atom stereocenters. The van der Waals surface area contributed by atoms with E-state index < -0.39 is 0 Å². The van der Waals surface area contributed by atoms with Gasteiger partial charge in [0.2, 0.25) is 5.91 Å². The van der Waals surface area contributed by atoms with E-state index in [-0.39, 0.29) is 29.0 Å². The predicted molar refractivity (Wildman–Crippen MR) is 102 cm³/mol. The Morgan fingerprint density at radius 2 is 2.14 bits per heavy atom. The van der Waals surface area contributed by atoms with Crippen LogP contribution in [0.15, 0.2) is 22.8 Å². The number of furan rings is 1. The van der Waals surface area contributed by atoms with E-state index in [0.717, 1.165) is 56.6 Å². The summed E-state index contributed by atoms with van der Waals surface area (Å²) < 4.78 is 5.15. The second-order valence-corrected chi connectivity index (χ2v) is 8.02. The van der Waals surface area contributed by atoms with Gasteiger partial charge in [-0.2, -0.15) is 5.10 Å². The smallest absolute Gasteiger partial charge is 0.292 e. The highest BCUT2D eigenvalue weighted by atomic mass is 16.3. The number of H-pyrrole nitrogens is 1. The van der Waals surface area contributed by atoms with Crippen molar-refractivity contribution in [2.45, 2.75) is 44.7 Å². The number of fused-ring (bicyclic) bond motifs is 2. The summed E-state index contributed by atoms with van der Waals surface area (Å²) in [5.41, 5.74) is 1.67. The Morgan fingerprint density at radius 1 is 1.36 bits per heavy atom. The third-order valence-electron chi connectivity index (χ3n) is 6.52. The molecular formula is C20H25N5O3. The van der Waals surface area contributed by atoms with E-state index in [9.17, 15) is 9.59 Å². The normalized spacial score (nSPS) is 21.1. The zero-order valence-electron chi connectivity index (χ0n) is 16.0. The lowest BCUT2D eigenvalue weighted by molar-refractivity contribution is -0.140. The second-order valence-electron chi connectivity index (χ2n) is 8.02. The number of rotatable bonds is 4. The summed E-state index contributed by atoms with van der Waals surface area (Å²) in [6.07, 6.45) is 5.22. The molecule has 8 nitrogen and oxygen atoms in total. The number of amides is 2. The Bertz CT molecular complexity index is 891. The van der Waals surface area contributed by atoms with E-state index in [1.54, 1.807) is 12.1 Å². The van der Waals surface area contributed by atoms with Crippen LogP contribution in [0.5, 0.6) is 0 Å². The van der Waals surface area contributed by atoms with Crippen LogP contribution in [0.3, 0.4) is 0 Å². The number of hydrogen-bond acceptors (Lipinski definition) is 5. The number of nitrogens with one attached hydrogen (secondary N) is 2. The summed E-state index contributed by atoms with van der Waals surface area (Å²) in [6.45, 7) is 5.70. The Morgan fingerprint density at radius 3 is 2.79 bits per heavy atom. The lowest BCUT2D eigenvalue weighted by Gasteiger charge is -2.34. The molecule has 1 spiro atoms. The quantitative estimate of drug-likeness (QED) is 0.845. The van der Waals surface area contributed by atoms with Crippen LogP contribution in [0, 0.1) is 5.92 Å².